The number of aliphatic hydroxyl groups is 1. The van der Waals surface area contributed by atoms with Crippen LogP contribution in [0, 0.1) is 0 Å². The zero-order chi connectivity index (χ0) is 18.5. The fraction of sp³-hybridized carbons (Fsp3) is 0.700. The molecule has 142 valence electrons. The van der Waals surface area contributed by atoms with E-state index >= 15 is 0 Å². The lowest BCUT2D eigenvalue weighted by Gasteiger charge is -2.33. The van der Waals surface area contributed by atoms with Crippen LogP contribution in [0.25, 0.3) is 0 Å². The Morgan fingerprint density at radius 2 is 2.12 bits per heavy atom. The van der Waals surface area contributed by atoms with Crippen LogP contribution in [-0.2, 0) is 9.59 Å². The maximum absolute atomic E-state index is 12.2. The first-order chi connectivity index (χ1) is 12.0. The van der Waals surface area contributed by atoms with Gasteiger partial charge in [-0.1, -0.05) is 50.5 Å². The van der Waals surface area contributed by atoms with Gasteiger partial charge in [0.1, 0.15) is 0 Å². The molecule has 5 heteroatoms. The van der Waals surface area contributed by atoms with Gasteiger partial charge in [-0.3, -0.25) is 9.59 Å². The van der Waals surface area contributed by atoms with Crippen LogP contribution in [0.4, 0.5) is 0 Å². The molecule has 0 saturated carbocycles. The summed E-state index contributed by atoms with van der Waals surface area (Å²) < 4.78 is 0. The third kappa shape index (κ3) is 9.44. The third-order valence-electron chi connectivity index (χ3n) is 4.50. The fourth-order valence-corrected chi connectivity index (χ4v) is 3.02. The van der Waals surface area contributed by atoms with Crippen molar-refractivity contribution < 1.29 is 19.8 Å². The lowest BCUT2D eigenvalue weighted by molar-refractivity contribution is -0.137. The van der Waals surface area contributed by atoms with Gasteiger partial charge in [0, 0.05) is 19.4 Å². The van der Waals surface area contributed by atoms with Crippen LogP contribution in [0.1, 0.15) is 71.1 Å². The van der Waals surface area contributed by atoms with E-state index in [0.29, 0.717) is 25.8 Å². The van der Waals surface area contributed by atoms with Crippen LogP contribution in [-0.4, -0.2) is 45.7 Å². The van der Waals surface area contributed by atoms with Crippen LogP contribution in [0.15, 0.2) is 24.3 Å². The third-order valence-corrected chi connectivity index (χ3v) is 4.50. The number of rotatable bonds is 12. The molecule has 1 unspecified atom stereocenters. The lowest BCUT2D eigenvalue weighted by Crippen LogP contribution is -2.42. The monoisotopic (exact) mass is 351 g/mol. The summed E-state index contributed by atoms with van der Waals surface area (Å²) in [6.07, 6.45) is 15.2. The number of aliphatic hydroxyl groups excluding tert-OH is 1. The van der Waals surface area contributed by atoms with Gasteiger partial charge in [0.15, 0.2) is 0 Å². The molecule has 1 saturated heterocycles. The minimum absolute atomic E-state index is 0.0470. The van der Waals surface area contributed by atoms with Crippen molar-refractivity contribution in [2.45, 2.75) is 83.3 Å². The van der Waals surface area contributed by atoms with Gasteiger partial charge in [-0.05, 0) is 32.1 Å². The number of nitrogens with zero attached hydrogens (tertiary/aromatic N) is 1. The molecule has 1 rings (SSSR count). The van der Waals surface area contributed by atoms with Gasteiger partial charge in [0.05, 0.1) is 12.1 Å². The molecule has 0 spiro atoms. The molecule has 5 nitrogen and oxygen atoms in total. The number of unbranched alkanes of at least 4 members (excludes halogenated alkanes) is 3. The molecule has 0 aromatic carbocycles. The van der Waals surface area contributed by atoms with Crippen molar-refractivity contribution in [1.29, 1.82) is 0 Å². The average molecular weight is 351 g/mol. The van der Waals surface area contributed by atoms with E-state index in [4.69, 9.17) is 5.11 Å². The maximum atomic E-state index is 12.2. The highest BCUT2D eigenvalue weighted by molar-refractivity contribution is 5.77. The van der Waals surface area contributed by atoms with Gasteiger partial charge < -0.3 is 15.1 Å². The smallest absolute Gasteiger partial charge is 0.303 e. The summed E-state index contributed by atoms with van der Waals surface area (Å²) in [6, 6.07) is 0.0470. The highest BCUT2D eigenvalue weighted by Gasteiger charge is 2.25. The first kappa shape index (κ1) is 21.4. The predicted octanol–water partition coefficient (Wildman–Crippen LogP) is 3.68. The molecule has 2 N–H and O–H groups in total. The molecule has 0 aromatic heterocycles. The fourth-order valence-electron chi connectivity index (χ4n) is 3.02. The predicted molar refractivity (Wildman–Crippen MR) is 99.3 cm³/mol. The Hall–Kier alpha value is -1.62. The van der Waals surface area contributed by atoms with E-state index in [9.17, 15) is 14.7 Å². The molecular formula is C20H33NO4. The number of carbonyl (C=O) groups is 2. The van der Waals surface area contributed by atoms with Gasteiger partial charge in [0.2, 0.25) is 5.91 Å². The summed E-state index contributed by atoms with van der Waals surface area (Å²) >= 11 is 0. The van der Waals surface area contributed by atoms with E-state index in [1.807, 2.05) is 29.2 Å². The molecule has 0 aromatic rings. The first-order valence-electron chi connectivity index (χ1n) is 9.57. The number of carboxylic acids is 1. The van der Waals surface area contributed by atoms with Crippen molar-refractivity contribution in [1.82, 2.24) is 4.90 Å². The Bertz CT molecular complexity index is 459. The van der Waals surface area contributed by atoms with Crippen molar-refractivity contribution in [3.05, 3.63) is 24.3 Å². The van der Waals surface area contributed by atoms with Gasteiger partial charge in [-0.15, -0.1) is 0 Å². The number of piperidine rings is 1. The number of aliphatic carboxylic acids is 1. The number of carbonyl (C=O) groups excluding carboxylic acids is 1. The molecule has 1 amide bonds. The number of allylic oxidation sites excluding steroid dienone is 1. The number of likely N-dealkylation sites (tertiary alicyclic amines) is 1. The summed E-state index contributed by atoms with van der Waals surface area (Å²) in [4.78, 5) is 24.5. The second-order valence-electron chi connectivity index (χ2n) is 6.71. The maximum Gasteiger partial charge on any atom is 0.303 e. The molecule has 0 radical (unpaired) electrons. The van der Waals surface area contributed by atoms with Crippen molar-refractivity contribution >= 4 is 11.9 Å². The topological polar surface area (TPSA) is 77.8 Å². The van der Waals surface area contributed by atoms with E-state index in [1.54, 1.807) is 0 Å². The van der Waals surface area contributed by atoms with Crippen LogP contribution < -0.4 is 0 Å². The normalized spacial score (nSPS) is 19.8. The van der Waals surface area contributed by atoms with Crippen LogP contribution in [0.5, 0.6) is 0 Å². The van der Waals surface area contributed by atoms with Crippen molar-refractivity contribution in [2.24, 2.45) is 0 Å². The Kier molecular flexibility index (Phi) is 10.9. The number of hydrogen-bond acceptors (Lipinski definition) is 3. The van der Waals surface area contributed by atoms with Crippen molar-refractivity contribution in [2.75, 3.05) is 6.54 Å². The largest absolute Gasteiger partial charge is 0.481 e. The summed E-state index contributed by atoms with van der Waals surface area (Å²) in [5.41, 5.74) is 0. The van der Waals surface area contributed by atoms with E-state index in [1.165, 1.54) is 0 Å². The van der Waals surface area contributed by atoms with Crippen molar-refractivity contribution in [3.63, 3.8) is 0 Å². The second-order valence-corrected chi connectivity index (χ2v) is 6.71. The minimum Gasteiger partial charge on any atom is -0.481 e. The Morgan fingerprint density at radius 1 is 1.32 bits per heavy atom. The van der Waals surface area contributed by atoms with E-state index in [0.717, 1.165) is 38.5 Å². The first-order valence-corrected chi connectivity index (χ1v) is 9.57. The van der Waals surface area contributed by atoms with Crippen LogP contribution in [0.3, 0.4) is 0 Å². The quantitative estimate of drug-likeness (QED) is 0.415. The lowest BCUT2D eigenvalue weighted by atomic mass is 10.00. The average Bonchev–Trinajstić information content (AvgIpc) is 2.57. The molecule has 1 heterocycles. The Labute approximate surface area is 151 Å². The molecular weight excluding hydrogens is 318 g/mol. The molecule has 1 aliphatic heterocycles. The Balaban J connectivity index is 2.45. The molecule has 0 bridgehead atoms. The van der Waals surface area contributed by atoms with E-state index in [-0.39, 0.29) is 18.4 Å². The standard InChI is InChI=1S/C20H33NO4/c1-2-3-6-11-18(22)15-14-17-10-9-12-19(23)21(17)16-8-5-4-7-13-20(24)25/h5,8,14-15,17-18,22H,2-4,6-7,9-13,16H2,1H3,(H,24,25)/b8-5-,15-14+/t17-,18?/m1/s1. The second kappa shape index (κ2) is 12.7. The SMILES string of the molecule is CCCCCC(O)/C=C/[C@H]1CCCC(=O)N1C/C=C\CCCC(=O)O. The molecule has 1 fully saturated rings. The summed E-state index contributed by atoms with van der Waals surface area (Å²) in [6.45, 7) is 2.69. The summed E-state index contributed by atoms with van der Waals surface area (Å²) in [7, 11) is 0. The van der Waals surface area contributed by atoms with Gasteiger partial charge >= 0.3 is 5.97 Å². The van der Waals surface area contributed by atoms with E-state index in [2.05, 4.69) is 6.92 Å². The minimum atomic E-state index is -0.776. The van der Waals surface area contributed by atoms with Gasteiger partial charge in [-0.2, -0.15) is 0 Å². The molecule has 0 aliphatic carbocycles. The van der Waals surface area contributed by atoms with Crippen molar-refractivity contribution in [3.8, 4) is 0 Å². The highest BCUT2D eigenvalue weighted by Crippen LogP contribution is 2.20. The molecule has 2 atom stereocenters. The summed E-state index contributed by atoms with van der Waals surface area (Å²) in [5.74, 6) is -0.626. The van der Waals surface area contributed by atoms with Gasteiger partial charge in [-0.25, -0.2) is 0 Å². The van der Waals surface area contributed by atoms with Crippen LogP contribution >= 0.6 is 0 Å². The van der Waals surface area contributed by atoms with Gasteiger partial charge in [0.25, 0.3) is 0 Å². The summed E-state index contributed by atoms with van der Waals surface area (Å²) in [5, 5.41) is 18.6. The van der Waals surface area contributed by atoms with Crippen LogP contribution in [0.2, 0.25) is 0 Å². The molecule has 1 aliphatic rings. The highest BCUT2D eigenvalue weighted by atomic mass is 16.4. The number of amides is 1. The van der Waals surface area contributed by atoms with E-state index < -0.39 is 12.1 Å². The number of hydrogen-bond donors (Lipinski definition) is 2. The molecule has 25 heavy (non-hydrogen) atoms. The zero-order valence-corrected chi connectivity index (χ0v) is 15.4. The Morgan fingerprint density at radius 3 is 2.84 bits per heavy atom. The zero-order valence-electron chi connectivity index (χ0n) is 15.4. The number of carboxylic acid groups (broad SMARTS) is 1.